The number of carbonyl (C=O) groups excluding carboxylic acids is 2. The fourth-order valence-electron chi connectivity index (χ4n) is 3.00. The highest BCUT2D eigenvalue weighted by molar-refractivity contribution is 9.10. The highest BCUT2D eigenvalue weighted by atomic mass is 79.9. The van der Waals surface area contributed by atoms with Crippen molar-refractivity contribution < 1.29 is 14.3 Å². The molecule has 6 heteroatoms. The summed E-state index contributed by atoms with van der Waals surface area (Å²) in [7, 11) is 1.59. The Morgan fingerprint density at radius 3 is 2.33 bits per heavy atom. The lowest BCUT2D eigenvalue weighted by Crippen LogP contribution is -2.35. The second-order valence-electron chi connectivity index (χ2n) is 6.73. The van der Waals surface area contributed by atoms with Gasteiger partial charge in [-0.05, 0) is 61.2 Å². The lowest BCUT2D eigenvalue weighted by molar-refractivity contribution is -0.122. The first kappa shape index (κ1) is 19.4. The lowest BCUT2D eigenvalue weighted by atomic mass is 10.0. The highest BCUT2D eigenvalue weighted by Crippen LogP contribution is 2.45. The molecule has 0 saturated heterocycles. The topological polar surface area (TPSA) is 67.4 Å². The molecule has 0 spiro atoms. The van der Waals surface area contributed by atoms with Crippen LogP contribution in [0, 0.1) is 0 Å². The van der Waals surface area contributed by atoms with E-state index in [4.69, 9.17) is 4.74 Å². The second-order valence-corrected chi connectivity index (χ2v) is 7.64. The second kappa shape index (κ2) is 8.57. The summed E-state index contributed by atoms with van der Waals surface area (Å²) >= 11 is 3.43. The lowest BCUT2D eigenvalue weighted by Gasteiger charge is -2.18. The molecule has 0 aliphatic heterocycles. The summed E-state index contributed by atoms with van der Waals surface area (Å²) in [5.74, 6) is 0.587. The molecule has 0 heterocycles. The van der Waals surface area contributed by atoms with Crippen molar-refractivity contribution in [3.63, 3.8) is 0 Å². The van der Waals surface area contributed by atoms with Gasteiger partial charge in [-0.15, -0.1) is 0 Å². The van der Waals surface area contributed by atoms with Crippen LogP contribution in [0.2, 0.25) is 0 Å². The van der Waals surface area contributed by atoms with Crippen molar-refractivity contribution in [3.8, 4) is 5.75 Å². The Bertz CT molecular complexity index is 799. The van der Waals surface area contributed by atoms with E-state index < -0.39 is 0 Å². The maximum atomic E-state index is 12.3. The maximum absolute atomic E-state index is 12.3. The maximum Gasteiger partial charge on any atom is 0.251 e. The molecule has 1 fully saturated rings. The summed E-state index contributed by atoms with van der Waals surface area (Å²) in [6, 6.07) is 15.0. The molecular formula is C21H23BrN2O3. The zero-order chi connectivity index (χ0) is 19.3. The molecule has 5 nitrogen and oxygen atoms in total. The Hall–Kier alpha value is -2.34. The average Bonchev–Trinajstić information content (AvgIpc) is 3.46. The van der Waals surface area contributed by atoms with Gasteiger partial charge in [0.05, 0.1) is 12.6 Å². The third-order valence-electron chi connectivity index (χ3n) is 4.74. The van der Waals surface area contributed by atoms with Gasteiger partial charge >= 0.3 is 0 Å². The molecule has 2 amide bonds. The summed E-state index contributed by atoms with van der Waals surface area (Å²) in [5, 5.41) is 6.00. The molecule has 1 aliphatic rings. The van der Waals surface area contributed by atoms with E-state index in [-0.39, 0.29) is 17.4 Å². The number of methoxy groups -OCH3 is 1. The molecule has 1 saturated carbocycles. The molecule has 0 atom stereocenters. The summed E-state index contributed by atoms with van der Waals surface area (Å²) in [5.41, 5.74) is 1.52. The van der Waals surface area contributed by atoms with Crippen molar-refractivity contribution in [2.45, 2.75) is 31.2 Å². The van der Waals surface area contributed by atoms with Crippen LogP contribution in [0.15, 0.2) is 53.0 Å². The summed E-state index contributed by atoms with van der Waals surface area (Å²) in [6.45, 7) is 0.462. The normalized spacial score (nSPS) is 14.3. The third-order valence-corrected chi connectivity index (χ3v) is 5.27. The summed E-state index contributed by atoms with van der Waals surface area (Å²) < 4.78 is 6.11. The predicted molar refractivity (Wildman–Crippen MR) is 108 cm³/mol. The summed E-state index contributed by atoms with van der Waals surface area (Å²) in [4.78, 5) is 24.4. The largest absolute Gasteiger partial charge is 0.497 e. The smallest absolute Gasteiger partial charge is 0.251 e. The molecular weight excluding hydrogens is 408 g/mol. The van der Waals surface area contributed by atoms with Gasteiger partial charge in [-0.3, -0.25) is 9.59 Å². The molecule has 2 aromatic rings. The molecule has 0 aromatic heterocycles. The van der Waals surface area contributed by atoms with Gasteiger partial charge in [0, 0.05) is 23.0 Å². The highest BCUT2D eigenvalue weighted by Gasteiger charge is 2.45. The first-order chi connectivity index (χ1) is 13.0. The molecule has 0 bridgehead atoms. The Morgan fingerprint density at radius 1 is 1.07 bits per heavy atom. The van der Waals surface area contributed by atoms with Crippen LogP contribution in [0.4, 0.5) is 0 Å². The van der Waals surface area contributed by atoms with Crippen molar-refractivity contribution >= 4 is 27.7 Å². The molecule has 3 rings (SSSR count). The van der Waals surface area contributed by atoms with Crippen LogP contribution in [0.3, 0.4) is 0 Å². The van der Waals surface area contributed by atoms with E-state index in [0.29, 0.717) is 30.7 Å². The van der Waals surface area contributed by atoms with Gasteiger partial charge in [-0.2, -0.15) is 0 Å². The van der Waals surface area contributed by atoms with E-state index in [0.717, 1.165) is 22.9 Å². The van der Waals surface area contributed by atoms with Crippen molar-refractivity contribution in [2.75, 3.05) is 13.7 Å². The average molecular weight is 431 g/mol. The van der Waals surface area contributed by atoms with Crippen molar-refractivity contribution in [1.29, 1.82) is 0 Å². The number of nitrogens with one attached hydrogen (secondary N) is 2. The van der Waals surface area contributed by atoms with Crippen LogP contribution in [-0.4, -0.2) is 25.5 Å². The van der Waals surface area contributed by atoms with Gasteiger partial charge in [0.1, 0.15) is 5.75 Å². The van der Waals surface area contributed by atoms with E-state index in [1.165, 1.54) is 0 Å². The molecule has 0 unspecified atom stereocenters. The molecule has 1 aliphatic carbocycles. The number of hydrogen-bond acceptors (Lipinski definition) is 3. The van der Waals surface area contributed by atoms with Crippen molar-refractivity contribution in [2.24, 2.45) is 0 Å². The Kier molecular flexibility index (Phi) is 6.16. The van der Waals surface area contributed by atoms with Crippen LogP contribution >= 0.6 is 15.9 Å². The predicted octanol–water partition coefficient (Wildman–Crippen LogP) is 3.77. The van der Waals surface area contributed by atoms with Crippen molar-refractivity contribution in [3.05, 3.63) is 64.1 Å². The fourth-order valence-corrected chi connectivity index (χ4v) is 3.27. The van der Waals surface area contributed by atoms with Crippen LogP contribution in [0.5, 0.6) is 5.75 Å². The van der Waals surface area contributed by atoms with Gasteiger partial charge in [0.15, 0.2) is 0 Å². The third kappa shape index (κ3) is 5.10. The minimum atomic E-state index is -0.204. The fraction of sp³-hybridized carbons (Fsp3) is 0.333. The van der Waals surface area contributed by atoms with E-state index in [9.17, 15) is 9.59 Å². The minimum Gasteiger partial charge on any atom is -0.497 e. The van der Waals surface area contributed by atoms with Gasteiger partial charge < -0.3 is 15.4 Å². The van der Waals surface area contributed by atoms with Gasteiger partial charge in [-0.25, -0.2) is 0 Å². The Balaban J connectivity index is 1.40. The number of benzene rings is 2. The van der Waals surface area contributed by atoms with E-state index in [2.05, 4.69) is 26.6 Å². The first-order valence-electron chi connectivity index (χ1n) is 9.02. The van der Waals surface area contributed by atoms with Crippen molar-refractivity contribution in [1.82, 2.24) is 10.6 Å². The quantitative estimate of drug-likeness (QED) is 0.626. The van der Waals surface area contributed by atoms with E-state index in [1.807, 2.05) is 24.3 Å². The van der Waals surface area contributed by atoms with Gasteiger partial charge in [0.25, 0.3) is 5.91 Å². The van der Waals surface area contributed by atoms with Gasteiger partial charge in [-0.1, -0.05) is 28.1 Å². The number of ether oxygens (including phenoxy) is 1. The first-order valence-corrected chi connectivity index (χ1v) is 9.81. The number of rotatable bonds is 8. The Labute approximate surface area is 167 Å². The molecule has 27 heavy (non-hydrogen) atoms. The molecule has 2 N–H and O–H groups in total. The molecule has 0 radical (unpaired) electrons. The number of carbonyl (C=O) groups is 2. The van der Waals surface area contributed by atoms with Crippen LogP contribution < -0.4 is 15.4 Å². The number of amides is 2. The SMILES string of the molecule is COc1ccc(C(=O)NCCCC(=O)NC2(c3ccc(Br)cc3)CC2)cc1. The standard InChI is InChI=1S/C21H23BrN2O3/c1-27-18-10-4-15(5-11-18)20(26)23-14-2-3-19(25)24-21(12-13-21)16-6-8-17(22)9-7-16/h4-11H,2-3,12-14H2,1H3,(H,23,26)(H,24,25). The Morgan fingerprint density at radius 2 is 1.74 bits per heavy atom. The minimum absolute atomic E-state index is 0.0223. The zero-order valence-corrected chi connectivity index (χ0v) is 16.8. The zero-order valence-electron chi connectivity index (χ0n) is 15.3. The van der Waals surface area contributed by atoms with Crippen LogP contribution in [-0.2, 0) is 10.3 Å². The molecule has 2 aromatic carbocycles. The molecule has 142 valence electrons. The van der Waals surface area contributed by atoms with Crippen LogP contribution in [0.25, 0.3) is 0 Å². The van der Waals surface area contributed by atoms with E-state index >= 15 is 0 Å². The number of hydrogen-bond donors (Lipinski definition) is 2. The van der Waals surface area contributed by atoms with E-state index in [1.54, 1.807) is 31.4 Å². The monoisotopic (exact) mass is 430 g/mol. The summed E-state index contributed by atoms with van der Waals surface area (Å²) in [6.07, 6.45) is 2.93. The van der Waals surface area contributed by atoms with Crippen LogP contribution in [0.1, 0.15) is 41.6 Å². The number of halogens is 1. The van der Waals surface area contributed by atoms with Gasteiger partial charge in [0.2, 0.25) is 5.91 Å².